The fraction of sp³-hybridized carbons (Fsp3) is 0.0526. The third-order valence-electron chi connectivity index (χ3n) is 3.50. The van der Waals surface area contributed by atoms with Crippen LogP contribution in [0.3, 0.4) is 0 Å². The number of rotatable bonds is 4. The quantitative estimate of drug-likeness (QED) is 0.593. The summed E-state index contributed by atoms with van der Waals surface area (Å²) in [7, 11) is 0. The van der Waals surface area contributed by atoms with Gasteiger partial charge >= 0.3 is 0 Å². The Balaban J connectivity index is 1.83. The van der Waals surface area contributed by atoms with Gasteiger partial charge in [-0.05, 0) is 35.9 Å². The summed E-state index contributed by atoms with van der Waals surface area (Å²) in [4.78, 5) is 20.7. The van der Waals surface area contributed by atoms with E-state index >= 15 is 0 Å². The van der Waals surface area contributed by atoms with Crippen LogP contribution in [0.2, 0.25) is 0 Å². The zero-order valence-corrected chi connectivity index (χ0v) is 12.8. The number of benzene rings is 1. The van der Waals surface area contributed by atoms with Gasteiger partial charge in [-0.25, -0.2) is 0 Å². The highest BCUT2D eigenvalue weighted by molar-refractivity contribution is 6.03. The van der Waals surface area contributed by atoms with Gasteiger partial charge in [0.15, 0.2) is 0 Å². The molecule has 0 atom stereocenters. The zero-order valence-electron chi connectivity index (χ0n) is 12.8. The summed E-state index contributed by atoms with van der Waals surface area (Å²) in [5.74, 6) is -0.427. The molecule has 3 rings (SSSR count). The number of nitrogens with zero attached hydrogens (tertiary/aromatic N) is 3. The highest BCUT2D eigenvalue weighted by atomic mass is 16.1. The zero-order chi connectivity index (χ0) is 16.8. The first-order valence-corrected chi connectivity index (χ1v) is 7.41. The summed E-state index contributed by atoms with van der Waals surface area (Å²) >= 11 is 0. The molecule has 3 aromatic rings. The van der Waals surface area contributed by atoms with E-state index in [4.69, 9.17) is 0 Å². The highest BCUT2D eigenvalue weighted by Crippen LogP contribution is 2.18. The Hall–Kier alpha value is -3.52. The van der Waals surface area contributed by atoms with Crippen LogP contribution in [0.25, 0.3) is 17.0 Å². The van der Waals surface area contributed by atoms with Crippen molar-refractivity contribution in [1.29, 1.82) is 5.26 Å². The lowest BCUT2D eigenvalue weighted by atomic mass is 10.1. The Kier molecular flexibility index (Phi) is 4.59. The molecule has 0 aliphatic heterocycles. The molecule has 0 spiro atoms. The Bertz CT molecular complexity index is 937. The summed E-state index contributed by atoms with van der Waals surface area (Å²) in [6.45, 7) is 0.274. The van der Waals surface area contributed by atoms with Crippen molar-refractivity contribution in [1.82, 2.24) is 15.3 Å². The molecule has 0 fully saturated rings. The van der Waals surface area contributed by atoms with E-state index in [0.29, 0.717) is 0 Å². The molecule has 2 aromatic heterocycles. The predicted molar refractivity (Wildman–Crippen MR) is 91.4 cm³/mol. The molecule has 5 nitrogen and oxygen atoms in total. The molecular weight excluding hydrogens is 300 g/mol. The van der Waals surface area contributed by atoms with Crippen LogP contribution in [0.15, 0.2) is 66.5 Å². The third-order valence-corrected chi connectivity index (χ3v) is 3.50. The van der Waals surface area contributed by atoms with Crippen molar-refractivity contribution in [2.45, 2.75) is 6.54 Å². The van der Waals surface area contributed by atoms with Crippen molar-refractivity contribution >= 4 is 22.9 Å². The second kappa shape index (κ2) is 7.16. The van der Waals surface area contributed by atoms with E-state index in [1.54, 1.807) is 30.6 Å². The maximum absolute atomic E-state index is 12.2. The van der Waals surface area contributed by atoms with Crippen molar-refractivity contribution in [2.24, 2.45) is 0 Å². The largest absolute Gasteiger partial charge is 0.346 e. The lowest BCUT2D eigenvalue weighted by Gasteiger charge is -2.05. The lowest BCUT2D eigenvalue weighted by Crippen LogP contribution is -2.24. The predicted octanol–water partition coefficient (Wildman–Crippen LogP) is 2.85. The van der Waals surface area contributed by atoms with Crippen LogP contribution >= 0.6 is 0 Å². The van der Waals surface area contributed by atoms with Gasteiger partial charge in [0, 0.05) is 17.8 Å². The molecule has 116 valence electrons. The van der Waals surface area contributed by atoms with Gasteiger partial charge in [0.1, 0.15) is 11.6 Å². The minimum atomic E-state index is -0.427. The number of carbonyl (C=O) groups is 1. The molecule has 5 heteroatoms. The number of amides is 1. The van der Waals surface area contributed by atoms with Crippen LogP contribution in [-0.4, -0.2) is 15.9 Å². The second-order valence-electron chi connectivity index (χ2n) is 5.09. The van der Waals surface area contributed by atoms with E-state index in [1.807, 2.05) is 42.5 Å². The lowest BCUT2D eigenvalue weighted by molar-refractivity contribution is -0.117. The number of carbonyl (C=O) groups excluding carboxylic acids is 1. The van der Waals surface area contributed by atoms with Crippen molar-refractivity contribution in [3.8, 4) is 6.07 Å². The van der Waals surface area contributed by atoms with Crippen LogP contribution < -0.4 is 5.32 Å². The van der Waals surface area contributed by atoms with E-state index in [9.17, 15) is 10.1 Å². The van der Waals surface area contributed by atoms with Crippen LogP contribution in [0, 0.1) is 11.3 Å². The number of aromatic nitrogens is 2. The Morgan fingerprint density at radius 1 is 1.08 bits per heavy atom. The summed E-state index contributed by atoms with van der Waals surface area (Å²) in [5.41, 5.74) is 2.38. The van der Waals surface area contributed by atoms with Gasteiger partial charge in [-0.1, -0.05) is 24.3 Å². The first-order chi connectivity index (χ1) is 11.8. The molecule has 0 aliphatic rings. The minimum absolute atomic E-state index is 0.0438. The maximum Gasteiger partial charge on any atom is 0.262 e. The number of pyridine rings is 2. The summed E-state index contributed by atoms with van der Waals surface area (Å²) in [6, 6.07) is 16.8. The van der Waals surface area contributed by atoms with E-state index in [0.717, 1.165) is 22.2 Å². The molecule has 1 N–H and O–H groups in total. The molecule has 0 unspecified atom stereocenters. The van der Waals surface area contributed by atoms with E-state index in [1.165, 1.54) is 0 Å². The summed E-state index contributed by atoms with van der Waals surface area (Å²) in [5, 5.41) is 12.9. The molecule has 0 saturated carbocycles. The fourth-order valence-electron chi connectivity index (χ4n) is 2.32. The average Bonchev–Trinajstić information content (AvgIpc) is 2.65. The number of para-hydroxylation sites is 1. The maximum atomic E-state index is 12.2. The van der Waals surface area contributed by atoms with Crippen molar-refractivity contribution in [3.05, 3.63) is 77.8 Å². The molecule has 24 heavy (non-hydrogen) atoms. The molecule has 0 aliphatic carbocycles. The molecule has 2 heterocycles. The van der Waals surface area contributed by atoms with Crippen molar-refractivity contribution in [2.75, 3.05) is 0 Å². The minimum Gasteiger partial charge on any atom is -0.346 e. The van der Waals surface area contributed by atoms with Gasteiger partial charge in [-0.15, -0.1) is 0 Å². The SMILES string of the molecule is N#CC(=Cc1ccnc2ccccc12)C(=O)NCc1ccccn1. The number of hydrogen-bond donors (Lipinski definition) is 1. The van der Waals surface area contributed by atoms with Gasteiger partial charge in [0.25, 0.3) is 5.91 Å². The normalized spacial score (nSPS) is 11.0. The van der Waals surface area contributed by atoms with Gasteiger partial charge in [-0.2, -0.15) is 5.26 Å². The highest BCUT2D eigenvalue weighted by Gasteiger charge is 2.10. The number of nitriles is 1. The second-order valence-corrected chi connectivity index (χ2v) is 5.09. The van der Waals surface area contributed by atoms with Crippen LogP contribution in [0.5, 0.6) is 0 Å². The Morgan fingerprint density at radius 3 is 2.71 bits per heavy atom. The summed E-state index contributed by atoms with van der Waals surface area (Å²) in [6.07, 6.45) is 4.90. The van der Waals surface area contributed by atoms with E-state index < -0.39 is 5.91 Å². The van der Waals surface area contributed by atoms with E-state index in [-0.39, 0.29) is 12.1 Å². The van der Waals surface area contributed by atoms with Crippen LogP contribution in [-0.2, 0) is 11.3 Å². The fourth-order valence-corrected chi connectivity index (χ4v) is 2.32. The summed E-state index contributed by atoms with van der Waals surface area (Å²) < 4.78 is 0. The third kappa shape index (κ3) is 3.45. The molecule has 0 bridgehead atoms. The monoisotopic (exact) mass is 314 g/mol. The molecule has 1 aromatic carbocycles. The number of hydrogen-bond acceptors (Lipinski definition) is 4. The van der Waals surface area contributed by atoms with Gasteiger partial charge in [-0.3, -0.25) is 14.8 Å². The average molecular weight is 314 g/mol. The van der Waals surface area contributed by atoms with Crippen molar-refractivity contribution < 1.29 is 4.79 Å². The number of nitrogens with one attached hydrogen (secondary N) is 1. The smallest absolute Gasteiger partial charge is 0.262 e. The first kappa shape index (κ1) is 15.4. The van der Waals surface area contributed by atoms with Crippen LogP contribution in [0.4, 0.5) is 0 Å². The number of fused-ring (bicyclic) bond motifs is 1. The van der Waals surface area contributed by atoms with Gasteiger partial charge < -0.3 is 5.32 Å². The Morgan fingerprint density at radius 2 is 1.92 bits per heavy atom. The van der Waals surface area contributed by atoms with Gasteiger partial charge in [0.05, 0.1) is 17.8 Å². The molecule has 0 radical (unpaired) electrons. The molecule has 1 amide bonds. The molecule has 0 saturated heterocycles. The van der Waals surface area contributed by atoms with Crippen LogP contribution in [0.1, 0.15) is 11.3 Å². The van der Waals surface area contributed by atoms with Crippen molar-refractivity contribution in [3.63, 3.8) is 0 Å². The van der Waals surface area contributed by atoms with E-state index in [2.05, 4.69) is 15.3 Å². The Labute approximate surface area is 139 Å². The molecular formula is C19H14N4O. The van der Waals surface area contributed by atoms with Gasteiger partial charge in [0.2, 0.25) is 0 Å². The first-order valence-electron chi connectivity index (χ1n) is 7.41. The topological polar surface area (TPSA) is 78.7 Å². The standard InChI is InChI=1S/C19H14N4O/c20-12-15(19(24)23-13-16-5-3-4-9-21-16)11-14-8-10-22-18-7-2-1-6-17(14)18/h1-11H,13H2,(H,23,24).